The van der Waals surface area contributed by atoms with E-state index in [-0.39, 0.29) is 12.1 Å². The second-order valence-electron chi connectivity index (χ2n) is 4.10. The van der Waals surface area contributed by atoms with Gasteiger partial charge in [0, 0.05) is 17.6 Å². The van der Waals surface area contributed by atoms with Crippen LogP contribution in [0.1, 0.15) is 39.0 Å². The van der Waals surface area contributed by atoms with E-state index >= 15 is 0 Å². The van der Waals surface area contributed by atoms with Gasteiger partial charge in [0.05, 0.1) is 6.10 Å². The van der Waals surface area contributed by atoms with Crippen molar-refractivity contribution < 1.29 is 14.6 Å². The lowest BCUT2D eigenvalue weighted by Gasteiger charge is -2.16. The van der Waals surface area contributed by atoms with Gasteiger partial charge in [0.1, 0.15) is 5.76 Å². The second kappa shape index (κ2) is 4.19. The number of hydrogen-bond donors (Lipinski definition) is 1. The Kier molecular flexibility index (Phi) is 2.91. The molecule has 1 unspecified atom stereocenters. The summed E-state index contributed by atoms with van der Waals surface area (Å²) < 4.78 is 5.20. The Balaban J connectivity index is 2.23. The van der Waals surface area contributed by atoms with Crippen molar-refractivity contribution in [3.05, 3.63) is 23.0 Å². The molecule has 3 nitrogen and oxygen atoms in total. The van der Waals surface area contributed by atoms with E-state index in [1.807, 2.05) is 6.08 Å². The van der Waals surface area contributed by atoms with Crippen LogP contribution < -0.4 is 0 Å². The average Bonchev–Trinajstić information content (AvgIpc) is 2.53. The summed E-state index contributed by atoms with van der Waals surface area (Å²) in [4.78, 5) is 11.5. The molecule has 82 valence electrons. The molecule has 1 N–H and O–H groups in total. The Hall–Kier alpha value is -1.09. The Morgan fingerprint density at radius 2 is 2.33 bits per heavy atom. The second-order valence-corrected chi connectivity index (χ2v) is 4.10. The monoisotopic (exact) mass is 208 g/mol. The summed E-state index contributed by atoms with van der Waals surface area (Å²) in [6.07, 6.45) is 5.54. The van der Waals surface area contributed by atoms with Gasteiger partial charge >= 0.3 is 5.97 Å². The van der Waals surface area contributed by atoms with Crippen LogP contribution in [-0.4, -0.2) is 17.2 Å². The van der Waals surface area contributed by atoms with Crippen molar-refractivity contribution in [1.29, 1.82) is 0 Å². The molecule has 2 rings (SSSR count). The number of allylic oxidation sites excluding steroid dienone is 2. The molecule has 1 aliphatic heterocycles. The van der Waals surface area contributed by atoms with Gasteiger partial charge in [-0.2, -0.15) is 0 Å². The Morgan fingerprint density at radius 3 is 3.07 bits per heavy atom. The smallest absolute Gasteiger partial charge is 0.339 e. The fourth-order valence-electron chi connectivity index (χ4n) is 2.06. The first-order valence-electron chi connectivity index (χ1n) is 5.55. The van der Waals surface area contributed by atoms with Crippen LogP contribution in [0.3, 0.4) is 0 Å². The molecule has 0 saturated heterocycles. The Labute approximate surface area is 89.4 Å². The van der Waals surface area contributed by atoms with Crippen LogP contribution in [0.25, 0.3) is 0 Å². The number of hydrogen-bond acceptors (Lipinski definition) is 3. The molecule has 0 aromatic rings. The van der Waals surface area contributed by atoms with Gasteiger partial charge in [-0.3, -0.25) is 0 Å². The standard InChI is InChI=1S/C12H16O3/c1-2-3-4-11-9-6-5-8(13)7-10(9)12(14)15-11/h4,8,13H,2-3,5-7H2,1H3/b11-4-. The molecule has 1 heterocycles. The molecule has 15 heavy (non-hydrogen) atoms. The Morgan fingerprint density at radius 1 is 1.53 bits per heavy atom. The predicted molar refractivity (Wildman–Crippen MR) is 56.0 cm³/mol. The van der Waals surface area contributed by atoms with E-state index < -0.39 is 0 Å². The molecule has 3 heteroatoms. The number of carbonyl (C=O) groups excluding carboxylic acids is 1. The number of carbonyl (C=O) groups is 1. The molecule has 1 aliphatic carbocycles. The van der Waals surface area contributed by atoms with Gasteiger partial charge in [0.15, 0.2) is 0 Å². The largest absolute Gasteiger partial charge is 0.423 e. The van der Waals surface area contributed by atoms with Gasteiger partial charge in [0.2, 0.25) is 0 Å². The molecular weight excluding hydrogens is 192 g/mol. The molecule has 0 bridgehead atoms. The minimum atomic E-state index is -0.373. The van der Waals surface area contributed by atoms with Gasteiger partial charge in [0.25, 0.3) is 0 Å². The number of rotatable bonds is 2. The summed E-state index contributed by atoms with van der Waals surface area (Å²) in [7, 11) is 0. The maximum absolute atomic E-state index is 11.5. The van der Waals surface area contributed by atoms with Crippen LogP contribution in [0.2, 0.25) is 0 Å². The van der Waals surface area contributed by atoms with Gasteiger partial charge in [-0.1, -0.05) is 13.3 Å². The summed E-state index contributed by atoms with van der Waals surface area (Å²) in [6.45, 7) is 2.09. The number of aliphatic hydroxyl groups excluding tert-OH is 1. The van der Waals surface area contributed by atoms with E-state index in [0.29, 0.717) is 12.0 Å². The molecule has 0 aromatic heterocycles. The van der Waals surface area contributed by atoms with Gasteiger partial charge in [-0.15, -0.1) is 0 Å². The van der Waals surface area contributed by atoms with Crippen LogP contribution >= 0.6 is 0 Å². The van der Waals surface area contributed by atoms with Crippen molar-refractivity contribution in [2.24, 2.45) is 0 Å². The zero-order valence-corrected chi connectivity index (χ0v) is 8.95. The molecule has 0 amide bonds. The van der Waals surface area contributed by atoms with E-state index in [9.17, 15) is 9.90 Å². The highest BCUT2D eigenvalue weighted by Crippen LogP contribution is 2.37. The van der Waals surface area contributed by atoms with Crippen molar-refractivity contribution in [2.45, 2.75) is 45.1 Å². The molecule has 0 radical (unpaired) electrons. The van der Waals surface area contributed by atoms with E-state index in [0.717, 1.165) is 37.0 Å². The normalized spacial score (nSPS) is 28.3. The molecule has 0 spiro atoms. The molecule has 0 aromatic carbocycles. The number of aliphatic hydroxyl groups is 1. The molecule has 0 saturated carbocycles. The number of unbranched alkanes of at least 4 members (excludes halogenated alkanes) is 1. The van der Waals surface area contributed by atoms with Crippen molar-refractivity contribution in [3.8, 4) is 0 Å². The van der Waals surface area contributed by atoms with E-state index in [2.05, 4.69) is 6.92 Å². The van der Waals surface area contributed by atoms with Crippen LogP contribution in [0, 0.1) is 0 Å². The molecular formula is C12H16O3. The number of ether oxygens (including phenoxy) is 1. The molecule has 1 atom stereocenters. The molecule has 2 aliphatic rings. The third kappa shape index (κ3) is 1.97. The minimum absolute atomic E-state index is 0.258. The quantitative estimate of drug-likeness (QED) is 0.706. The number of esters is 1. The fourth-order valence-corrected chi connectivity index (χ4v) is 2.06. The zero-order chi connectivity index (χ0) is 10.8. The summed E-state index contributed by atoms with van der Waals surface area (Å²) in [6, 6.07) is 0. The summed E-state index contributed by atoms with van der Waals surface area (Å²) in [5, 5.41) is 9.47. The SMILES string of the molecule is CCC/C=C1\OC(=O)C2=C1CCC(O)C2. The lowest BCUT2D eigenvalue weighted by molar-refractivity contribution is -0.133. The third-order valence-electron chi connectivity index (χ3n) is 2.90. The van der Waals surface area contributed by atoms with Crippen molar-refractivity contribution >= 4 is 5.97 Å². The molecule has 0 fully saturated rings. The zero-order valence-electron chi connectivity index (χ0n) is 8.95. The van der Waals surface area contributed by atoms with E-state index in [1.165, 1.54) is 0 Å². The summed E-state index contributed by atoms with van der Waals surface area (Å²) in [5.74, 6) is 0.481. The Bertz CT molecular complexity index is 339. The van der Waals surface area contributed by atoms with E-state index in [4.69, 9.17) is 4.74 Å². The van der Waals surface area contributed by atoms with Gasteiger partial charge in [-0.25, -0.2) is 4.79 Å². The first-order chi connectivity index (χ1) is 7.22. The maximum atomic E-state index is 11.5. The van der Waals surface area contributed by atoms with Crippen LogP contribution in [0.4, 0.5) is 0 Å². The van der Waals surface area contributed by atoms with Gasteiger partial charge < -0.3 is 9.84 Å². The third-order valence-corrected chi connectivity index (χ3v) is 2.90. The first-order valence-corrected chi connectivity index (χ1v) is 5.55. The average molecular weight is 208 g/mol. The lowest BCUT2D eigenvalue weighted by atomic mass is 9.90. The van der Waals surface area contributed by atoms with Crippen molar-refractivity contribution in [3.63, 3.8) is 0 Å². The highest BCUT2D eigenvalue weighted by atomic mass is 16.5. The van der Waals surface area contributed by atoms with Crippen molar-refractivity contribution in [1.82, 2.24) is 0 Å². The van der Waals surface area contributed by atoms with Crippen LogP contribution in [-0.2, 0) is 9.53 Å². The van der Waals surface area contributed by atoms with E-state index in [1.54, 1.807) is 0 Å². The minimum Gasteiger partial charge on any atom is -0.423 e. The van der Waals surface area contributed by atoms with Crippen molar-refractivity contribution in [2.75, 3.05) is 0 Å². The summed E-state index contributed by atoms with van der Waals surface area (Å²) >= 11 is 0. The first kappa shape index (κ1) is 10.4. The lowest BCUT2D eigenvalue weighted by Crippen LogP contribution is -2.15. The fraction of sp³-hybridized carbons (Fsp3) is 0.583. The topological polar surface area (TPSA) is 46.5 Å². The predicted octanol–water partition coefficient (Wildman–Crippen LogP) is 2.07. The highest BCUT2D eigenvalue weighted by Gasteiger charge is 2.33. The number of cyclic esters (lactones) is 1. The maximum Gasteiger partial charge on any atom is 0.339 e. The van der Waals surface area contributed by atoms with Crippen LogP contribution in [0.5, 0.6) is 0 Å². The van der Waals surface area contributed by atoms with Crippen LogP contribution in [0.15, 0.2) is 23.0 Å². The van der Waals surface area contributed by atoms with Gasteiger partial charge in [-0.05, 0) is 25.3 Å². The highest BCUT2D eigenvalue weighted by molar-refractivity contribution is 5.94. The summed E-state index contributed by atoms with van der Waals surface area (Å²) in [5.41, 5.74) is 1.72.